The first kappa shape index (κ1) is 17.7. The van der Waals surface area contributed by atoms with Crippen LogP contribution in [-0.2, 0) is 0 Å². The van der Waals surface area contributed by atoms with E-state index in [0.717, 1.165) is 18.8 Å². The number of anilines is 2. The third-order valence-electron chi connectivity index (χ3n) is 5.02. The van der Waals surface area contributed by atoms with Gasteiger partial charge in [-0.3, -0.25) is 10.4 Å². The summed E-state index contributed by atoms with van der Waals surface area (Å²) in [5, 5.41) is 4.39. The first-order valence-electron chi connectivity index (χ1n) is 9.51. The van der Waals surface area contributed by atoms with Crippen molar-refractivity contribution in [3.05, 3.63) is 88.6 Å². The van der Waals surface area contributed by atoms with Gasteiger partial charge < -0.3 is 4.90 Å². The molecule has 1 aliphatic rings. The third kappa shape index (κ3) is 3.58. The van der Waals surface area contributed by atoms with Crippen LogP contribution in [0, 0.1) is 0 Å². The molecule has 0 saturated carbocycles. The van der Waals surface area contributed by atoms with E-state index in [0.29, 0.717) is 0 Å². The number of thiophene rings is 1. The number of hydrazine groups is 1. The minimum Gasteiger partial charge on any atom is -0.372 e. The van der Waals surface area contributed by atoms with Gasteiger partial charge in [-0.15, -0.1) is 11.3 Å². The van der Waals surface area contributed by atoms with Gasteiger partial charge in [0, 0.05) is 23.7 Å². The predicted molar refractivity (Wildman–Crippen MR) is 117 cm³/mol. The van der Waals surface area contributed by atoms with E-state index in [9.17, 15) is 0 Å². The van der Waals surface area contributed by atoms with Crippen LogP contribution in [0.3, 0.4) is 0 Å². The Labute approximate surface area is 165 Å². The fraction of sp³-hybridized carbons (Fsp3) is 0.217. The molecule has 4 heteroatoms. The number of para-hydroxylation sites is 1. The second-order valence-corrected chi connectivity index (χ2v) is 7.56. The van der Waals surface area contributed by atoms with Crippen LogP contribution in [0.25, 0.3) is 5.70 Å². The minimum absolute atomic E-state index is 0.199. The van der Waals surface area contributed by atoms with Crippen LogP contribution in [0.5, 0.6) is 0 Å². The molecule has 1 aliphatic heterocycles. The lowest BCUT2D eigenvalue weighted by Gasteiger charge is -2.27. The second kappa shape index (κ2) is 7.89. The van der Waals surface area contributed by atoms with Gasteiger partial charge in [-0.25, -0.2) is 0 Å². The summed E-state index contributed by atoms with van der Waals surface area (Å²) >= 11 is 1.80. The van der Waals surface area contributed by atoms with E-state index >= 15 is 0 Å². The smallest absolute Gasteiger partial charge is 0.105 e. The Bertz CT molecular complexity index is 881. The van der Waals surface area contributed by atoms with Gasteiger partial charge in [-0.2, -0.15) is 0 Å². The molecule has 1 N–H and O–H groups in total. The van der Waals surface area contributed by atoms with Gasteiger partial charge >= 0.3 is 0 Å². The highest BCUT2D eigenvalue weighted by molar-refractivity contribution is 7.10. The molecule has 138 valence electrons. The van der Waals surface area contributed by atoms with E-state index in [1.54, 1.807) is 11.3 Å². The van der Waals surface area contributed by atoms with Gasteiger partial charge in [0.25, 0.3) is 0 Å². The molecule has 0 saturated heterocycles. The van der Waals surface area contributed by atoms with Crippen LogP contribution in [0.4, 0.5) is 11.4 Å². The van der Waals surface area contributed by atoms with E-state index in [2.05, 4.69) is 107 Å². The lowest BCUT2D eigenvalue weighted by Crippen LogP contribution is -2.33. The molecule has 1 atom stereocenters. The fourth-order valence-corrected chi connectivity index (χ4v) is 4.34. The van der Waals surface area contributed by atoms with Gasteiger partial charge in [0.15, 0.2) is 0 Å². The van der Waals surface area contributed by atoms with Crippen LogP contribution in [-0.4, -0.2) is 13.1 Å². The highest BCUT2D eigenvalue weighted by Crippen LogP contribution is 2.36. The Morgan fingerprint density at radius 2 is 1.67 bits per heavy atom. The van der Waals surface area contributed by atoms with Crippen molar-refractivity contribution in [1.82, 2.24) is 5.43 Å². The SMILES string of the molecule is CCN(CC)c1ccc(C2=CC(c3cccs3)N(c3ccccc3)N2)cc1. The van der Waals surface area contributed by atoms with E-state index in [-0.39, 0.29) is 6.04 Å². The topological polar surface area (TPSA) is 18.5 Å². The van der Waals surface area contributed by atoms with Crippen LogP contribution >= 0.6 is 11.3 Å². The quantitative estimate of drug-likeness (QED) is 0.596. The maximum atomic E-state index is 3.63. The molecule has 3 nitrogen and oxygen atoms in total. The highest BCUT2D eigenvalue weighted by atomic mass is 32.1. The number of nitrogens with zero attached hydrogens (tertiary/aromatic N) is 2. The van der Waals surface area contributed by atoms with Crippen molar-refractivity contribution in [3.8, 4) is 0 Å². The molecule has 1 unspecified atom stereocenters. The lowest BCUT2D eigenvalue weighted by molar-refractivity contribution is 0.733. The third-order valence-corrected chi connectivity index (χ3v) is 5.96. The first-order valence-corrected chi connectivity index (χ1v) is 10.4. The summed E-state index contributed by atoms with van der Waals surface area (Å²) in [6.45, 7) is 6.45. The van der Waals surface area contributed by atoms with Crippen molar-refractivity contribution >= 4 is 28.4 Å². The molecular weight excluding hydrogens is 350 g/mol. The molecule has 0 radical (unpaired) electrons. The number of hydrogen-bond donors (Lipinski definition) is 1. The molecule has 3 aromatic rings. The summed E-state index contributed by atoms with van der Waals surface area (Å²) in [4.78, 5) is 3.70. The summed E-state index contributed by atoms with van der Waals surface area (Å²) in [5.74, 6) is 0. The van der Waals surface area contributed by atoms with Crippen LogP contribution in [0.15, 0.2) is 78.2 Å². The summed E-state index contributed by atoms with van der Waals surface area (Å²) < 4.78 is 0. The van der Waals surface area contributed by atoms with E-state index in [1.807, 2.05) is 0 Å². The summed E-state index contributed by atoms with van der Waals surface area (Å²) in [7, 11) is 0. The molecule has 0 fully saturated rings. The van der Waals surface area contributed by atoms with Gasteiger partial charge in [0.1, 0.15) is 6.04 Å². The summed E-state index contributed by atoms with van der Waals surface area (Å²) in [5.41, 5.74) is 8.44. The lowest BCUT2D eigenvalue weighted by atomic mass is 10.1. The van der Waals surface area contributed by atoms with Crippen molar-refractivity contribution in [2.75, 3.05) is 23.0 Å². The van der Waals surface area contributed by atoms with Crippen molar-refractivity contribution in [3.63, 3.8) is 0 Å². The van der Waals surface area contributed by atoms with Crippen molar-refractivity contribution < 1.29 is 0 Å². The molecule has 2 aromatic carbocycles. The Morgan fingerprint density at radius 1 is 0.926 bits per heavy atom. The molecule has 4 rings (SSSR count). The van der Waals surface area contributed by atoms with E-state index in [1.165, 1.54) is 21.8 Å². The van der Waals surface area contributed by atoms with Gasteiger partial charge in [0.2, 0.25) is 0 Å². The average molecular weight is 376 g/mol. The van der Waals surface area contributed by atoms with Crippen LogP contribution < -0.4 is 15.3 Å². The van der Waals surface area contributed by atoms with Crippen LogP contribution in [0.1, 0.15) is 30.3 Å². The molecule has 2 heterocycles. The monoisotopic (exact) mass is 375 g/mol. The van der Waals surface area contributed by atoms with Gasteiger partial charge in [-0.05, 0) is 61.2 Å². The van der Waals surface area contributed by atoms with Crippen LogP contribution in [0.2, 0.25) is 0 Å². The Hall–Kier alpha value is -2.72. The predicted octanol–water partition coefficient (Wildman–Crippen LogP) is 5.70. The highest BCUT2D eigenvalue weighted by Gasteiger charge is 2.27. The molecule has 0 bridgehead atoms. The maximum absolute atomic E-state index is 3.63. The van der Waals surface area contributed by atoms with E-state index in [4.69, 9.17) is 0 Å². The molecular formula is C23H25N3S. The average Bonchev–Trinajstić information content (AvgIpc) is 3.40. The zero-order valence-electron chi connectivity index (χ0n) is 15.8. The Morgan fingerprint density at radius 3 is 2.30 bits per heavy atom. The van der Waals surface area contributed by atoms with Gasteiger partial charge in [0.05, 0.1) is 11.4 Å². The fourth-order valence-electron chi connectivity index (χ4n) is 3.55. The van der Waals surface area contributed by atoms with Crippen molar-refractivity contribution in [1.29, 1.82) is 0 Å². The first-order chi connectivity index (χ1) is 13.3. The largest absolute Gasteiger partial charge is 0.372 e. The standard InChI is InChI=1S/C23H25N3S/c1-3-25(4-2)19-14-12-18(13-15-19)21-17-22(23-11-8-16-27-23)26(24-21)20-9-6-5-7-10-20/h5-17,22,24H,3-4H2,1-2H3. The van der Waals surface area contributed by atoms with E-state index < -0.39 is 0 Å². The number of rotatable bonds is 6. The Kier molecular flexibility index (Phi) is 5.16. The second-order valence-electron chi connectivity index (χ2n) is 6.58. The normalized spacial score (nSPS) is 16.1. The molecule has 0 amide bonds. The number of nitrogens with one attached hydrogen (secondary N) is 1. The molecule has 1 aromatic heterocycles. The summed E-state index contributed by atoms with van der Waals surface area (Å²) in [6.07, 6.45) is 2.32. The maximum Gasteiger partial charge on any atom is 0.105 e. The molecule has 27 heavy (non-hydrogen) atoms. The van der Waals surface area contributed by atoms with Gasteiger partial charge in [-0.1, -0.05) is 36.4 Å². The number of hydrogen-bond acceptors (Lipinski definition) is 4. The molecule has 0 aliphatic carbocycles. The minimum atomic E-state index is 0.199. The van der Waals surface area contributed by atoms with Crippen molar-refractivity contribution in [2.24, 2.45) is 0 Å². The zero-order valence-corrected chi connectivity index (χ0v) is 16.6. The molecule has 0 spiro atoms. The zero-order chi connectivity index (χ0) is 18.6. The number of benzene rings is 2. The Balaban J connectivity index is 1.64. The summed E-state index contributed by atoms with van der Waals surface area (Å²) in [6, 6.07) is 23.9. The van der Waals surface area contributed by atoms with Crippen molar-refractivity contribution in [2.45, 2.75) is 19.9 Å².